The molecular weight excluding hydrogens is 188 g/mol. The van der Waals surface area contributed by atoms with Crippen molar-refractivity contribution in [3.05, 3.63) is 23.4 Å². The summed E-state index contributed by atoms with van der Waals surface area (Å²) in [7, 11) is 0. The first-order valence-electron chi connectivity index (χ1n) is 5.44. The molecule has 15 heavy (non-hydrogen) atoms. The van der Waals surface area contributed by atoms with E-state index >= 15 is 0 Å². The number of aromatic nitrogens is 1. The number of aldehydes is 1. The highest BCUT2D eigenvalue weighted by atomic mass is 16.1. The van der Waals surface area contributed by atoms with Crippen LogP contribution in [0.1, 0.15) is 22.3 Å². The molecule has 0 spiro atoms. The zero-order valence-electron chi connectivity index (χ0n) is 8.81. The van der Waals surface area contributed by atoms with Gasteiger partial charge in [-0.15, -0.1) is 0 Å². The number of fused-ring (bicyclic) bond motifs is 1. The number of anilines is 1. The van der Waals surface area contributed by atoms with Crippen molar-refractivity contribution in [2.75, 3.05) is 18.0 Å². The number of nitrogens with zero attached hydrogens (tertiary/aromatic N) is 2. The lowest BCUT2D eigenvalue weighted by atomic mass is 10.2. The summed E-state index contributed by atoms with van der Waals surface area (Å²) >= 11 is 0. The summed E-state index contributed by atoms with van der Waals surface area (Å²) in [6.07, 6.45) is 3.92. The standard InChI is InChI=1S/C12H14N2O/c1-8-2-9(7-15)4-13-12(8)14-5-10-3-11(10)6-14/h2,4,7,10-11H,3,5-6H2,1H3. The Labute approximate surface area is 89.1 Å². The molecule has 2 atom stereocenters. The second kappa shape index (κ2) is 3.05. The van der Waals surface area contributed by atoms with Crippen LogP contribution >= 0.6 is 0 Å². The molecule has 2 unspecified atom stereocenters. The van der Waals surface area contributed by atoms with Crippen LogP contribution in [0.5, 0.6) is 0 Å². The molecule has 0 N–H and O–H groups in total. The largest absolute Gasteiger partial charge is 0.356 e. The number of carbonyl (C=O) groups is 1. The number of pyridine rings is 1. The van der Waals surface area contributed by atoms with Crippen LogP contribution < -0.4 is 4.90 Å². The second-order valence-corrected chi connectivity index (χ2v) is 4.69. The van der Waals surface area contributed by atoms with Gasteiger partial charge in [0.15, 0.2) is 6.29 Å². The van der Waals surface area contributed by atoms with Gasteiger partial charge in [-0.05, 0) is 36.8 Å². The van der Waals surface area contributed by atoms with Crippen LogP contribution in [0.3, 0.4) is 0 Å². The Morgan fingerprint density at radius 2 is 2.20 bits per heavy atom. The molecule has 2 heterocycles. The highest BCUT2D eigenvalue weighted by Gasteiger charge is 2.45. The predicted octanol–water partition coefficient (Wildman–Crippen LogP) is 1.66. The van der Waals surface area contributed by atoms with Crippen molar-refractivity contribution in [2.45, 2.75) is 13.3 Å². The Balaban J connectivity index is 1.88. The topological polar surface area (TPSA) is 33.2 Å². The molecule has 0 amide bonds. The van der Waals surface area contributed by atoms with E-state index in [4.69, 9.17) is 0 Å². The van der Waals surface area contributed by atoms with Crippen LogP contribution in [0.15, 0.2) is 12.3 Å². The molecule has 1 aromatic heterocycles. The normalized spacial score (nSPS) is 27.7. The van der Waals surface area contributed by atoms with E-state index in [1.54, 1.807) is 6.20 Å². The van der Waals surface area contributed by atoms with Gasteiger partial charge >= 0.3 is 0 Å². The van der Waals surface area contributed by atoms with Crippen LogP contribution in [-0.4, -0.2) is 24.4 Å². The van der Waals surface area contributed by atoms with Crippen molar-refractivity contribution in [3.63, 3.8) is 0 Å². The first-order valence-corrected chi connectivity index (χ1v) is 5.44. The van der Waals surface area contributed by atoms with E-state index in [0.29, 0.717) is 5.56 Å². The van der Waals surface area contributed by atoms with Gasteiger partial charge in [-0.25, -0.2) is 4.98 Å². The zero-order chi connectivity index (χ0) is 10.4. The molecule has 3 rings (SSSR count). The molecule has 0 aromatic carbocycles. The van der Waals surface area contributed by atoms with Gasteiger partial charge in [0.2, 0.25) is 0 Å². The van der Waals surface area contributed by atoms with Crippen molar-refractivity contribution < 1.29 is 4.79 Å². The molecule has 3 nitrogen and oxygen atoms in total. The Morgan fingerprint density at radius 1 is 1.47 bits per heavy atom. The fourth-order valence-electron chi connectivity index (χ4n) is 2.56. The number of hydrogen-bond donors (Lipinski definition) is 0. The summed E-state index contributed by atoms with van der Waals surface area (Å²) in [6, 6.07) is 1.92. The third-order valence-corrected chi connectivity index (χ3v) is 3.49. The van der Waals surface area contributed by atoms with E-state index in [2.05, 4.69) is 9.88 Å². The van der Waals surface area contributed by atoms with E-state index in [1.807, 2.05) is 13.0 Å². The predicted molar refractivity (Wildman–Crippen MR) is 58.2 cm³/mol. The van der Waals surface area contributed by atoms with Gasteiger partial charge in [-0.3, -0.25) is 4.79 Å². The number of aryl methyl sites for hydroxylation is 1. The van der Waals surface area contributed by atoms with Crippen molar-refractivity contribution in [1.29, 1.82) is 0 Å². The molecule has 78 valence electrons. The Morgan fingerprint density at radius 3 is 2.80 bits per heavy atom. The van der Waals surface area contributed by atoms with Gasteiger partial charge in [0.1, 0.15) is 5.82 Å². The van der Waals surface area contributed by atoms with Crippen LogP contribution in [-0.2, 0) is 0 Å². The molecule has 1 aromatic rings. The molecule has 3 heteroatoms. The lowest BCUT2D eigenvalue weighted by Crippen LogP contribution is -2.23. The van der Waals surface area contributed by atoms with E-state index in [1.165, 1.54) is 6.42 Å². The third kappa shape index (κ3) is 1.42. The Kier molecular flexibility index (Phi) is 1.81. The van der Waals surface area contributed by atoms with E-state index in [0.717, 1.165) is 42.6 Å². The van der Waals surface area contributed by atoms with Gasteiger partial charge in [0.05, 0.1) is 0 Å². The minimum absolute atomic E-state index is 0.667. The highest BCUT2D eigenvalue weighted by molar-refractivity contribution is 5.75. The average molecular weight is 202 g/mol. The lowest BCUT2D eigenvalue weighted by molar-refractivity contribution is 0.112. The maximum Gasteiger partial charge on any atom is 0.151 e. The minimum Gasteiger partial charge on any atom is -0.356 e. The van der Waals surface area contributed by atoms with Gasteiger partial charge in [-0.1, -0.05) is 0 Å². The average Bonchev–Trinajstić information content (AvgIpc) is 2.85. The summed E-state index contributed by atoms with van der Waals surface area (Å²) in [5.74, 6) is 2.89. The van der Waals surface area contributed by atoms with Gasteiger partial charge < -0.3 is 4.90 Å². The summed E-state index contributed by atoms with van der Waals surface area (Å²) < 4.78 is 0. The lowest BCUT2D eigenvalue weighted by Gasteiger charge is -2.20. The van der Waals surface area contributed by atoms with Gasteiger partial charge in [0.25, 0.3) is 0 Å². The minimum atomic E-state index is 0.667. The first-order chi connectivity index (χ1) is 7.28. The van der Waals surface area contributed by atoms with Crippen molar-refractivity contribution in [1.82, 2.24) is 4.98 Å². The fraction of sp³-hybridized carbons (Fsp3) is 0.500. The van der Waals surface area contributed by atoms with Gasteiger partial charge in [0, 0.05) is 24.8 Å². The molecule has 2 aliphatic rings. The van der Waals surface area contributed by atoms with E-state index < -0.39 is 0 Å². The molecule has 1 aliphatic heterocycles. The molecule has 0 radical (unpaired) electrons. The summed E-state index contributed by atoms with van der Waals surface area (Å²) in [6.45, 7) is 4.33. The number of hydrogen-bond acceptors (Lipinski definition) is 3. The molecule has 2 fully saturated rings. The van der Waals surface area contributed by atoms with E-state index in [9.17, 15) is 4.79 Å². The summed E-state index contributed by atoms with van der Waals surface area (Å²) in [5.41, 5.74) is 1.78. The smallest absolute Gasteiger partial charge is 0.151 e. The van der Waals surface area contributed by atoms with Crippen molar-refractivity contribution in [3.8, 4) is 0 Å². The quantitative estimate of drug-likeness (QED) is 0.684. The first kappa shape index (κ1) is 8.89. The summed E-state index contributed by atoms with van der Waals surface area (Å²) in [5, 5.41) is 0. The van der Waals surface area contributed by atoms with Gasteiger partial charge in [-0.2, -0.15) is 0 Å². The molecular formula is C12H14N2O. The number of piperidine rings is 1. The maximum atomic E-state index is 10.6. The Hall–Kier alpha value is -1.38. The van der Waals surface area contributed by atoms with Crippen LogP contribution in [0.4, 0.5) is 5.82 Å². The SMILES string of the molecule is Cc1cc(C=O)cnc1N1CC2CC2C1. The zero-order valence-corrected chi connectivity index (χ0v) is 8.81. The van der Waals surface area contributed by atoms with Crippen LogP contribution in [0.2, 0.25) is 0 Å². The second-order valence-electron chi connectivity index (χ2n) is 4.69. The van der Waals surface area contributed by atoms with Crippen molar-refractivity contribution >= 4 is 12.1 Å². The molecule has 1 aliphatic carbocycles. The number of carbonyl (C=O) groups excluding carboxylic acids is 1. The monoisotopic (exact) mass is 202 g/mol. The van der Waals surface area contributed by atoms with E-state index in [-0.39, 0.29) is 0 Å². The molecule has 1 saturated carbocycles. The number of rotatable bonds is 2. The Bertz CT molecular complexity index is 406. The van der Waals surface area contributed by atoms with Crippen LogP contribution in [0, 0.1) is 18.8 Å². The highest BCUT2D eigenvalue weighted by Crippen LogP contribution is 2.46. The molecule has 0 bridgehead atoms. The fourth-order valence-corrected chi connectivity index (χ4v) is 2.56. The van der Waals surface area contributed by atoms with Crippen LogP contribution in [0.25, 0.3) is 0 Å². The molecule has 1 saturated heterocycles. The summed E-state index contributed by atoms with van der Waals surface area (Å²) in [4.78, 5) is 17.3. The maximum absolute atomic E-state index is 10.6. The van der Waals surface area contributed by atoms with Crippen molar-refractivity contribution in [2.24, 2.45) is 11.8 Å². The third-order valence-electron chi connectivity index (χ3n) is 3.49.